The van der Waals surface area contributed by atoms with Crippen molar-refractivity contribution in [1.29, 1.82) is 0 Å². The van der Waals surface area contributed by atoms with Crippen LogP contribution in [0.5, 0.6) is 0 Å². The van der Waals surface area contributed by atoms with Crippen LogP contribution in [-0.4, -0.2) is 14.7 Å². The van der Waals surface area contributed by atoms with E-state index < -0.39 is 0 Å². The molecule has 1 unspecified atom stereocenters. The molecule has 106 valence electrons. The molecule has 3 heteroatoms. The predicted molar refractivity (Wildman–Crippen MR) is 83.7 cm³/mol. The summed E-state index contributed by atoms with van der Waals surface area (Å²) in [7, 11) is 0. The lowest BCUT2D eigenvalue weighted by Gasteiger charge is -2.21. The Kier molecular flexibility index (Phi) is 2.82. The van der Waals surface area contributed by atoms with Crippen molar-refractivity contribution >= 4 is 10.9 Å². The van der Waals surface area contributed by atoms with Crippen LogP contribution >= 0.6 is 0 Å². The van der Waals surface area contributed by atoms with Crippen molar-refractivity contribution in [3.63, 3.8) is 0 Å². The molecule has 1 N–H and O–H groups in total. The summed E-state index contributed by atoms with van der Waals surface area (Å²) in [5.41, 5.74) is 5.62. The maximum Gasteiger partial charge on any atom is 0.0942 e. The first-order valence-electron chi connectivity index (χ1n) is 7.49. The molecule has 0 fully saturated rings. The molecule has 3 aromatic rings. The fraction of sp³-hybridized carbons (Fsp3) is 0.278. The maximum atomic E-state index is 10.2. The number of aryl methyl sites for hydroxylation is 1. The van der Waals surface area contributed by atoms with Gasteiger partial charge in [0.2, 0.25) is 0 Å². The van der Waals surface area contributed by atoms with Crippen molar-refractivity contribution in [2.75, 3.05) is 0 Å². The van der Waals surface area contributed by atoms with E-state index >= 15 is 0 Å². The highest BCUT2D eigenvalue weighted by atomic mass is 16.3. The third-order valence-corrected chi connectivity index (χ3v) is 4.42. The number of aromatic nitrogens is 2. The average molecular weight is 278 g/mol. The Bertz CT molecular complexity index is 814. The van der Waals surface area contributed by atoms with Gasteiger partial charge in [0.15, 0.2) is 0 Å². The standard InChI is InChI=1S/C18H18N2O/c1-12-11-14-15(7-3-9-17(14)21)20(12)16-8-2-5-13-6-4-10-19-18(13)16/h2,4-6,8,10-11,17,21H,3,7,9H2,1H3. The topological polar surface area (TPSA) is 38.0 Å². The van der Waals surface area contributed by atoms with E-state index in [2.05, 4.69) is 46.8 Å². The van der Waals surface area contributed by atoms with Crippen molar-refractivity contribution in [2.24, 2.45) is 0 Å². The summed E-state index contributed by atoms with van der Waals surface area (Å²) in [4.78, 5) is 4.56. The molecular formula is C18H18N2O. The van der Waals surface area contributed by atoms with Crippen LogP contribution in [0.1, 0.15) is 35.9 Å². The maximum absolute atomic E-state index is 10.2. The lowest BCUT2D eigenvalue weighted by Crippen LogP contribution is -2.11. The van der Waals surface area contributed by atoms with E-state index in [9.17, 15) is 5.11 Å². The first-order valence-corrected chi connectivity index (χ1v) is 7.49. The highest BCUT2D eigenvalue weighted by Crippen LogP contribution is 2.35. The zero-order chi connectivity index (χ0) is 14.4. The number of aliphatic hydroxyl groups excluding tert-OH is 1. The van der Waals surface area contributed by atoms with E-state index in [-0.39, 0.29) is 6.10 Å². The predicted octanol–water partition coefficient (Wildman–Crippen LogP) is 3.70. The Labute approximate surface area is 123 Å². The van der Waals surface area contributed by atoms with Crippen LogP contribution in [-0.2, 0) is 6.42 Å². The Balaban J connectivity index is 2.02. The van der Waals surface area contributed by atoms with Crippen molar-refractivity contribution in [3.05, 3.63) is 59.5 Å². The fourth-order valence-corrected chi connectivity index (χ4v) is 3.48. The van der Waals surface area contributed by atoms with Gasteiger partial charge < -0.3 is 9.67 Å². The highest BCUT2D eigenvalue weighted by Gasteiger charge is 2.24. The zero-order valence-electron chi connectivity index (χ0n) is 12.1. The Morgan fingerprint density at radius 1 is 1.24 bits per heavy atom. The van der Waals surface area contributed by atoms with Crippen molar-refractivity contribution in [2.45, 2.75) is 32.3 Å². The number of para-hydroxylation sites is 1. The first kappa shape index (κ1) is 12.6. The summed E-state index contributed by atoms with van der Waals surface area (Å²) in [6.45, 7) is 2.10. The summed E-state index contributed by atoms with van der Waals surface area (Å²) in [5, 5.41) is 11.4. The van der Waals surface area contributed by atoms with Crippen LogP contribution in [0.2, 0.25) is 0 Å². The summed E-state index contributed by atoms with van der Waals surface area (Å²) in [6.07, 6.45) is 4.44. The number of aliphatic hydroxyl groups is 1. The SMILES string of the molecule is Cc1cc2c(n1-c1cccc3cccnc13)CCCC2O. The third kappa shape index (κ3) is 1.88. The summed E-state index contributed by atoms with van der Waals surface area (Å²) >= 11 is 0. The molecule has 0 radical (unpaired) electrons. The molecule has 2 heterocycles. The van der Waals surface area contributed by atoms with Gasteiger partial charge in [-0.1, -0.05) is 18.2 Å². The van der Waals surface area contributed by atoms with Gasteiger partial charge in [-0.3, -0.25) is 4.98 Å². The van der Waals surface area contributed by atoms with Gasteiger partial charge in [0.25, 0.3) is 0 Å². The number of pyridine rings is 1. The minimum absolute atomic E-state index is 0.323. The molecule has 1 aliphatic rings. The second-order valence-electron chi connectivity index (χ2n) is 5.78. The van der Waals surface area contributed by atoms with Gasteiger partial charge in [-0.15, -0.1) is 0 Å². The molecule has 1 atom stereocenters. The number of fused-ring (bicyclic) bond motifs is 2. The average Bonchev–Trinajstić information content (AvgIpc) is 2.84. The van der Waals surface area contributed by atoms with Crippen LogP contribution in [0.15, 0.2) is 42.6 Å². The third-order valence-electron chi connectivity index (χ3n) is 4.42. The molecule has 0 saturated carbocycles. The number of hydrogen-bond donors (Lipinski definition) is 1. The molecule has 0 spiro atoms. The minimum Gasteiger partial charge on any atom is -0.388 e. The van der Waals surface area contributed by atoms with E-state index in [0.29, 0.717) is 0 Å². The normalized spacial score (nSPS) is 17.9. The van der Waals surface area contributed by atoms with Gasteiger partial charge in [-0.2, -0.15) is 0 Å². The van der Waals surface area contributed by atoms with Crippen LogP contribution in [0.4, 0.5) is 0 Å². The first-order chi connectivity index (χ1) is 10.3. The molecule has 0 amide bonds. The molecule has 0 aliphatic heterocycles. The number of benzene rings is 1. The highest BCUT2D eigenvalue weighted by molar-refractivity contribution is 5.86. The fourth-order valence-electron chi connectivity index (χ4n) is 3.48. The molecule has 21 heavy (non-hydrogen) atoms. The smallest absolute Gasteiger partial charge is 0.0942 e. The van der Waals surface area contributed by atoms with Gasteiger partial charge >= 0.3 is 0 Å². The lowest BCUT2D eigenvalue weighted by molar-refractivity contribution is 0.156. The van der Waals surface area contributed by atoms with Gasteiger partial charge in [0, 0.05) is 28.5 Å². The largest absolute Gasteiger partial charge is 0.388 e. The van der Waals surface area contributed by atoms with Gasteiger partial charge in [0.1, 0.15) is 0 Å². The minimum atomic E-state index is -0.323. The van der Waals surface area contributed by atoms with Crippen molar-refractivity contribution in [1.82, 2.24) is 9.55 Å². The number of rotatable bonds is 1. The lowest BCUT2D eigenvalue weighted by atomic mass is 9.95. The van der Waals surface area contributed by atoms with Gasteiger partial charge in [0.05, 0.1) is 17.3 Å². The van der Waals surface area contributed by atoms with E-state index in [1.807, 2.05) is 12.3 Å². The van der Waals surface area contributed by atoms with E-state index in [1.165, 1.54) is 11.4 Å². The van der Waals surface area contributed by atoms with Crippen molar-refractivity contribution in [3.8, 4) is 5.69 Å². The van der Waals surface area contributed by atoms with Gasteiger partial charge in [-0.05, 0) is 44.4 Å². The van der Waals surface area contributed by atoms with Gasteiger partial charge in [-0.25, -0.2) is 0 Å². The van der Waals surface area contributed by atoms with Crippen LogP contribution < -0.4 is 0 Å². The molecular weight excluding hydrogens is 260 g/mol. The van der Waals surface area contributed by atoms with Crippen LogP contribution in [0.3, 0.4) is 0 Å². The zero-order valence-corrected chi connectivity index (χ0v) is 12.1. The molecule has 0 bridgehead atoms. The molecule has 3 nitrogen and oxygen atoms in total. The second kappa shape index (κ2) is 4.71. The summed E-state index contributed by atoms with van der Waals surface area (Å²) < 4.78 is 2.27. The molecule has 4 rings (SSSR count). The summed E-state index contributed by atoms with van der Waals surface area (Å²) in [5.74, 6) is 0. The molecule has 1 aromatic carbocycles. The molecule has 2 aromatic heterocycles. The summed E-state index contributed by atoms with van der Waals surface area (Å²) in [6, 6.07) is 12.5. The Morgan fingerprint density at radius 2 is 2.10 bits per heavy atom. The van der Waals surface area contributed by atoms with Crippen LogP contribution in [0, 0.1) is 6.92 Å². The molecule has 1 aliphatic carbocycles. The van der Waals surface area contributed by atoms with E-state index in [4.69, 9.17) is 0 Å². The number of nitrogens with zero attached hydrogens (tertiary/aromatic N) is 2. The second-order valence-corrected chi connectivity index (χ2v) is 5.78. The van der Waals surface area contributed by atoms with E-state index in [0.717, 1.165) is 41.4 Å². The van der Waals surface area contributed by atoms with E-state index in [1.54, 1.807) is 0 Å². The number of hydrogen-bond acceptors (Lipinski definition) is 2. The van der Waals surface area contributed by atoms with Crippen LogP contribution in [0.25, 0.3) is 16.6 Å². The Morgan fingerprint density at radius 3 is 3.00 bits per heavy atom. The monoisotopic (exact) mass is 278 g/mol. The quantitative estimate of drug-likeness (QED) is 0.737. The Hall–Kier alpha value is -2.13. The van der Waals surface area contributed by atoms with Crippen molar-refractivity contribution < 1.29 is 5.11 Å². The molecule has 0 saturated heterocycles.